The highest BCUT2D eigenvalue weighted by molar-refractivity contribution is 5.72. The summed E-state index contributed by atoms with van der Waals surface area (Å²) < 4.78 is 10.6. The largest absolute Gasteiger partial charge is 0.494 e. The van der Waals surface area contributed by atoms with Gasteiger partial charge in [-0.3, -0.25) is 0 Å². The number of benzene rings is 1. The molecule has 1 aromatic rings. The first-order chi connectivity index (χ1) is 8.28. The monoisotopic (exact) mass is 231 g/mol. The second kappa shape index (κ2) is 5.21. The van der Waals surface area contributed by atoms with Gasteiger partial charge < -0.3 is 15.2 Å². The van der Waals surface area contributed by atoms with Gasteiger partial charge in [0.25, 0.3) is 6.02 Å². The molecule has 0 saturated carbocycles. The van der Waals surface area contributed by atoms with Gasteiger partial charge >= 0.3 is 0 Å². The zero-order valence-corrected chi connectivity index (χ0v) is 9.30. The molecule has 0 fully saturated rings. The molecule has 1 heterocycles. The highest BCUT2D eigenvalue weighted by Gasteiger charge is 2.16. The van der Waals surface area contributed by atoms with Gasteiger partial charge in [-0.15, -0.1) is 0 Å². The van der Waals surface area contributed by atoms with Crippen LogP contribution in [-0.4, -0.2) is 25.3 Å². The Kier molecular flexibility index (Phi) is 3.46. The van der Waals surface area contributed by atoms with Crippen molar-refractivity contribution in [1.29, 1.82) is 5.26 Å². The predicted octanol–water partition coefficient (Wildman–Crippen LogP) is 1.04. The quantitative estimate of drug-likeness (QED) is 0.839. The third-order valence-corrected chi connectivity index (χ3v) is 2.44. The molecule has 2 rings (SSSR count). The smallest absolute Gasteiger partial charge is 0.282 e. The summed E-state index contributed by atoms with van der Waals surface area (Å²) in [5, 5.41) is 8.64. The van der Waals surface area contributed by atoms with Crippen LogP contribution in [0, 0.1) is 11.3 Å². The Bertz CT molecular complexity index is 448. The van der Waals surface area contributed by atoms with Crippen LogP contribution in [0.25, 0.3) is 0 Å². The van der Waals surface area contributed by atoms with Gasteiger partial charge in [0.2, 0.25) is 0 Å². The number of ether oxygens (including phenoxy) is 2. The summed E-state index contributed by atoms with van der Waals surface area (Å²) in [6, 6.07) is 9.42. The average Bonchev–Trinajstić information content (AvgIpc) is 2.76. The first kappa shape index (κ1) is 11.3. The van der Waals surface area contributed by atoms with E-state index >= 15 is 0 Å². The van der Waals surface area contributed by atoms with Crippen LogP contribution >= 0.6 is 0 Å². The van der Waals surface area contributed by atoms with Crippen molar-refractivity contribution in [3.8, 4) is 11.8 Å². The molecule has 0 amide bonds. The maximum atomic E-state index is 8.64. The Balaban J connectivity index is 1.76. The van der Waals surface area contributed by atoms with E-state index in [1.165, 1.54) is 0 Å². The van der Waals surface area contributed by atoms with E-state index in [-0.39, 0.29) is 12.1 Å². The van der Waals surface area contributed by atoms with Crippen molar-refractivity contribution in [2.24, 2.45) is 10.7 Å². The zero-order valence-electron chi connectivity index (χ0n) is 9.30. The van der Waals surface area contributed by atoms with Crippen LogP contribution in [0.2, 0.25) is 0 Å². The van der Waals surface area contributed by atoms with Crippen molar-refractivity contribution >= 4 is 6.02 Å². The summed E-state index contributed by atoms with van der Waals surface area (Å²) in [7, 11) is 0. The fourth-order valence-electron chi connectivity index (χ4n) is 1.52. The summed E-state index contributed by atoms with van der Waals surface area (Å²) in [5.74, 6) is 0.750. The number of amidine groups is 1. The second-order valence-electron chi connectivity index (χ2n) is 3.71. The van der Waals surface area contributed by atoms with Crippen LogP contribution in [0.3, 0.4) is 0 Å². The summed E-state index contributed by atoms with van der Waals surface area (Å²) >= 11 is 0. The number of aliphatic imine (C=N–C) groups is 1. The Morgan fingerprint density at radius 2 is 2.24 bits per heavy atom. The molecule has 0 saturated heterocycles. The van der Waals surface area contributed by atoms with Gasteiger partial charge in [0.15, 0.2) is 0 Å². The number of hydrogen-bond donors (Lipinski definition) is 1. The number of nitrogens with two attached hydrogens (primary N) is 1. The lowest BCUT2D eigenvalue weighted by Gasteiger charge is -2.07. The number of nitriles is 1. The van der Waals surface area contributed by atoms with Gasteiger partial charge in [-0.1, -0.05) is 0 Å². The first-order valence-corrected chi connectivity index (χ1v) is 5.37. The Morgan fingerprint density at radius 1 is 1.47 bits per heavy atom. The summed E-state index contributed by atoms with van der Waals surface area (Å²) in [6.07, 6.45) is 0.765. The lowest BCUT2D eigenvalue weighted by molar-refractivity contribution is 0.263. The Labute approximate surface area is 99.5 Å². The molecule has 2 N–H and O–H groups in total. The topological polar surface area (TPSA) is 80.6 Å². The SMILES string of the molecule is N#Cc1ccc(OCCC2COC(N)=N2)cc1. The minimum absolute atomic E-state index is 0.0911. The van der Waals surface area contributed by atoms with E-state index < -0.39 is 0 Å². The van der Waals surface area contributed by atoms with Crippen molar-refractivity contribution in [3.05, 3.63) is 29.8 Å². The van der Waals surface area contributed by atoms with E-state index in [1.807, 2.05) is 0 Å². The van der Waals surface area contributed by atoms with Crippen LogP contribution < -0.4 is 10.5 Å². The van der Waals surface area contributed by atoms with Crippen molar-refractivity contribution in [3.63, 3.8) is 0 Å². The molecule has 1 aliphatic rings. The Hall–Kier alpha value is -2.22. The average molecular weight is 231 g/mol. The fraction of sp³-hybridized carbons (Fsp3) is 0.333. The highest BCUT2D eigenvalue weighted by Crippen LogP contribution is 2.13. The van der Waals surface area contributed by atoms with E-state index in [1.54, 1.807) is 24.3 Å². The molecule has 17 heavy (non-hydrogen) atoms. The van der Waals surface area contributed by atoms with Crippen LogP contribution in [-0.2, 0) is 4.74 Å². The maximum Gasteiger partial charge on any atom is 0.282 e. The van der Waals surface area contributed by atoms with E-state index in [4.69, 9.17) is 20.5 Å². The maximum absolute atomic E-state index is 8.64. The number of rotatable bonds is 4. The van der Waals surface area contributed by atoms with Crippen molar-refractivity contribution in [2.75, 3.05) is 13.2 Å². The molecule has 1 atom stereocenters. The number of hydrogen-bond acceptors (Lipinski definition) is 5. The molecule has 0 aliphatic carbocycles. The fourth-order valence-corrected chi connectivity index (χ4v) is 1.52. The van der Waals surface area contributed by atoms with E-state index in [9.17, 15) is 0 Å². The van der Waals surface area contributed by atoms with Crippen molar-refractivity contribution in [2.45, 2.75) is 12.5 Å². The molecule has 88 valence electrons. The van der Waals surface area contributed by atoms with E-state index in [2.05, 4.69) is 11.1 Å². The molecular formula is C12H13N3O2. The Morgan fingerprint density at radius 3 is 2.82 bits per heavy atom. The third-order valence-electron chi connectivity index (χ3n) is 2.44. The molecule has 0 radical (unpaired) electrons. The lowest BCUT2D eigenvalue weighted by Crippen LogP contribution is -2.12. The van der Waals surface area contributed by atoms with Crippen LogP contribution in [0.1, 0.15) is 12.0 Å². The van der Waals surface area contributed by atoms with Crippen LogP contribution in [0.15, 0.2) is 29.3 Å². The summed E-state index contributed by atoms with van der Waals surface area (Å²) in [5.41, 5.74) is 6.02. The molecule has 1 unspecified atom stereocenters. The van der Waals surface area contributed by atoms with Crippen LogP contribution in [0.5, 0.6) is 5.75 Å². The lowest BCUT2D eigenvalue weighted by atomic mass is 10.2. The molecule has 1 aliphatic heterocycles. The molecule has 5 nitrogen and oxygen atoms in total. The molecule has 1 aromatic carbocycles. The molecule has 0 spiro atoms. The highest BCUT2D eigenvalue weighted by atomic mass is 16.5. The second-order valence-corrected chi connectivity index (χ2v) is 3.71. The minimum Gasteiger partial charge on any atom is -0.494 e. The third kappa shape index (κ3) is 3.11. The van der Waals surface area contributed by atoms with Crippen molar-refractivity contribution in [1.82, 2.24) is 0 Å². The molecular weight excluding hydrogens is 218 g/mol. The zero-order chi connectivity index (χ0) is 12.1. The van der Waals surface area contributed by atoms with Gasteiger partial charge in [0.1, 0.15) is 12.4 Å². The number of nitrogens with zero attached hydrogens (tertiary/aromatic N) is 2. The minimum atomic E-state index is 0.0911. The summed E-state index contributed by atoms with van der Waals surface area (Å²) in [4.78, 5) is 4.10. The first-order valence-electron chi connectivity index (χ1n) is 5.37. The van der Waals surface area contributed by atoms with Gasteiger partial charge in [-0.2, -0.15) is 5.26 Å². The standard InChI is InChI=1S/C12H13N3O2/c13-7-9-1-3-11(4-2-9)16-6-5-10-8-17-12(14)15-10/h1-4,10H,5-6,8H2,(H2,14,15). The van der Waals surface area contributed by atoms with E-state index in [0.29, 0.717) is 18.8 Å². The molecule has 0 bridgehead atoms. The van der Waals surface area contributed by atoms with E-state index in [0.717, 1.165) is 12.2 Å². The summed E-state index contributed by atoms with van der Waals surface area (Å²) in [6.45, 7) is 1.08. The normalized spacial score (nSPS) is 18.1. The van der Waals surface area contributed by atoms with Gasteiger partial charge in [0, 0.05) is 6.42 Å². The van der Waals surface area contributed by atoms with Crippen LogP contribution in [0.4, 0.5) is 0 Å². The van der Waals surface area contributed by atoms with Gasteiger partial charge in [0.05, 0.1) is 24.3 Å². The molecule has 0 aromatic heterocycles. The van der Waals surface area contributed by atoms with Gasteiger partial charge in [-0.25, -0.2) is 4.99 Å². The van der Waals surface area contributed by atoms with Crippen molar-refractivity contribution < 1.29 is 9.47 Å². The van der Waals surface area contributed by atoms with Gasteiger partial charge in [-0.05, 0) is 24.3 Å². The molecule has 5 heteroatoms. The predicted molar refractivity (Wildman–Crippen MR) is 62.6 cm³/mol.